The van der Waals surface area contributed by atoms with Crippen LogP contribution in [-0.2, 0) is 0 Å². The molecule has 5 heterocycles. The van der Waals surface area contributed by atoms with E-state index in [9.17, 15) is 4.39 Å². The number of benzene rings is 1. The smallest absolute Gasteiger partial charge is 0.177 e. The number of fused-ring (bicyclic) bond motifs is 2. The van der Waals surface area contributed by atoms with E-state index in [1.807, 2.05) is 30.6 Å². The number of rotatable bonds is 5. The van der Waals surface area contributed by atoms with Gasteiger partial charge in [0.15, 0.2) is 5.13 Å². The standard InChI is InChI=1S/C26H21FN6S/c1-14(2)30-17-9-16(12-28-13-17)15-3-4-21-18(10-15)25(33-32-21)22-11-19-20(31-22)7-8-29-26(19)23-5-6-24(27)34-23/h3-14,30-31H,1-2H3,(H,32,33). The van der Waals surface area contributed by atoms with Crippen LogP contribution in [0.2, 0.25) is 0 Å². The summed E-state index contributed by atoms with van der Waals surface area (Å²) in [5.74, 6) is 0. The summed E-state index contributed by atoms with van der Waals surface area (Å²) in [6, 6.07) is 15.9. The van der Waals surface area contributed by atoms with Gasteiger partial charge in [-0.1, -0.05) is 6.07 Å². The molecule has 0 saturated carbocycles. The average Bonchev–Trinajstić information content (AvgIpc) is 3.55. The number of aromatic nitrogens is 5. The minimum atomic E-state index is -0.224. The van der Waals surface area contributed by atoms with Crippen LogP contribution in [0, 0.1) is 5.13 Å². The van der Waals surface area contributed by atoms with Crippen LogP contribution in [0.25, 0.3) is 54.9 Å². The first kappa shape index (κ1) is 20.6. The van der Waals surface area contributed by atoms with Gasteiger partial charge in [-0.25, -0.2) is 0 Å². The maximum atomic E-state index is 13.6. The van der Waals surface area contributed by atoms with Gasteiger partial charge in [0.1, 0.15) is 5.69 Å². The fourth-order valence-corrected chi connectivity index (χ4v) is 4.97. The minimum absolute atomic E-state index is 0.224. The summed E-state index contributed by atoms with van der Waals surface area (Å²) < 4.78 is 13.6. The lowest BCUT2D eigenvalue weighted by molar-refractivity contribution is 0.657. The molecule has 3 N–H and O–H groups in total. The molecule has 6 aromatic rings. The van der Waals surface area contributed by atoms with Crippen LogP contribution in [0.15, 0.2) is 67.1 Å². The van der Waals surface area contributed by atoms with Crippen LogP contribution in [-0.4, -0.2) is 31.2 Å². The van der Waals surface area contributed by atoms with Gasteiger partial charge in [-0.05, 0) is 61.9 Å². The van der Waals surface area contributed by atoms with Gasteiger partial charge < -0.3 is 10.3 Å². The van der Waals surface area contributed by atoms with Crippen molar-refractivity contribution >= 4 is 38.8 Å². The first-order valence-electron chi connectivity index (χ1n) is 11.0. The number of H-pyrrole nitrogens is 2. The Morgan fingerprint density at radius 2 is 1.79 bits per heavy atom. The molecule has 0 aliphatic carbocycles. The molecule has 0 fully saturated rings. The maximum absolute atomic E-state index is 13.6. The van der Waals surface area contributed by atoms with E-state index in [1.165, 1.54) is 6.07 Å². The second-order valence-corrected chi connectivity index (χ2v) is 9.54. The second kappa shape index (κ2) is 8.07. The first-order valence-corrected chi connectivity index (χ1v) is 11.8. The van der Waals surface area contributed by atoms with Gasteiger partial charge in [0, 0.05) is 46.5 Å². The topological polar surface area (TPSA) is 82.3 Å². The third kappa shape index (κ3) is 3.62. The lowest BCUT2D eigenvalue weighted by atomic mass is 10.0. The number of nitrogens with one attached hydrogen (secondary N) is 3. The summed E-state index contributed by atoms with van der Waals surface area (Å²) in [4.78, 5) is 13.2. The summed E-state index contributed by atoms with van der Waals surface area (Å²) in [6.45, 7) is 4.21. The SMILES string of the molecule is CC(C)Nc1cncc(-c2ccc3[nH]nc(-c4cc5c(-c6ccc(F)s6)nccc5[nH]4)c3c2)c1. The van der Waals surface area contributed by atoms with E-state index in [-0.39, 0.29) is 5.13 Å². The van der Waals surface area contributed by atoms with Crippen LogP contribution >= 0.6 is 11.3 Å². The Bertz CT molecular complexity index is 1640. The molecule has 0 atom stereocenters. The zero-order chi connectivity index (χ0) is 23.2. The van der Waals surface area contributed by atoms with E-state index in [0.29, 0.717) is 6.04 Å². The largest absolute Gasteiger partial charge is 0.382 e. The monoisotopic (exact) mass is 468 g/mol. The van der Waals surface area contributed by atoms with Crippen molar-refractivity contribution in [2.75, 3.05) is 5.32 Å². The van der Waals surface area contributed by atoms with E-state index >= 15 is 0 Å². The highest BCUT2D eigenvalue weighted by Gasteiger charge is 2.16. The molecule has 5 aromatic heterocycles. The van der Waals surface area contributed by atoms with Gasteiger partial charge in [0.2, 0.25) is 0 Å². The van der Waals surface area contributed by atoms with Gasteiger partial charge in [-0.15, -0.1) is 11.3 Å². The molecule has 1 aromatic carbocycles. The van der Waals surface area contributed by atoms with Gasteiger partial charge >= 0.3 is 0 Å². The molecule has 6 nitrogen and oxygen atoms in total. The minimum Gasteiger partial charge on any atom is -0.382 e. The molecule has 0 radical (unpaired) electrons. The lowest BCUT2D eigenvalue weighted by Crippen LogP contribution is -2.09. The lowest BCUT2D eigenvalue weighted by Gasteiger charge is -2.11. The molecular formula is C26H21FN6S. The fraction of sp³-hybridized carbons (Fsp3) is 0.115. The number of aromatic amines is 2. The maximum Gasteiger partial charge on any atom is 0.177 e. The van der Waals surface area contributed by atoms with E-state index in [0.717, 1.165) is 71.9 Å². The van der Waals surface area contributed by atoms with Crippen molar-refractivity contribution in [2.45, 2.75) is 19.9 Å². The van der Waals surface area contributed by atoms with Crippen molar-refractivity contribution in [1.29, 1.82) is 0 Å². The van der Waals surface area contributed by atoms with Gasteiger partial charge in [0.05, 0.1) is 27.5 Å². The van der Waals surface area contributed by atoms with E-state index in [2.05, 4.69) is 62.5 Å². The fourth-order valence-electron chi connectivity index (χ4n) is 4.23. The highest BCUT2D eigenvalue weighted by Crippen LogP contribution is 2.36. The van der Waals surface area contributed by atoms with Gasteiger partial charge in [-0.3, -0.25) is 15.1 Å². The molecule has 0 amide bonds. The first-order chi connectivity index (χ1) is 16.5. The molecule has 0 saturated heterocycles. The Morgan fingerprint density at radius 1 is 0.912 bits per heavy atom. The highest BCUT2D eigenvalue weighted by molar-refractivity contribution is 7.13. The van der Waals surface area contributed by atoms with Crippen LogP contribution < -0.4 is 5.32 Å². The average molecular weight is 469 g/mol. The predicted molar refractivity (Wildman–Crippen MR) is 136 cm³/mol. The van der Waals surface area contributed by atoms with Gasteiger partial charge in [-0.2, -0.15) is 9.49 Å². The summed E-state index contributed by atoms with van der Waals surface area (Å²) in [5.41, 5.74) is 7.40. The van der Waals surface area contributed by atoms with Crippen LogP contribution in [0.4, 0.5) is 10.1 Å². The van der Waals surface area contributed by atoms with Crippen molar-refractivity contribution in [3.8, 4) is 33.1 Å². The van der Waals surface area contributed by atoms with Crippen LogP contribution in [0.5, 0.6) is 0 Å². The quantitative estimate of drug-likeness (QED) is 0.258. The second-order valence-electron chi connectivity index (χ2n) is 8.50. The summed E-state index contributed by atoms with van der Waals surface area (Å²) in [5, 5.41) is 12.8. The molecule has 34 heavy (non-hydrogen) atoms. The molecule has 0 unspecified atom stereocenters. The normalized spacial score (nSPS) is 11.6. The van der Waals surface area contributed by atoms with Crippen molar-refractivity contribution in [1.82, 2.24) is 25.1 Å². The molecule has 6 rings (SSSR count). The van der Waals surface area contributed by atoms with Crippen molar-refractivity contribution in [3.63, 3.8) is 0 Å². The molecule has 8 heteroatoms. The van der Waals surface area contributed by atoms with E-state index < -0.39 is 0 Å². The Balaban J connectivity index is 1.45. The Morgan fingerprint density at radius 3 is 2.62 bits per heavy atom. The summed E-state index contributed by atoms with van der Waals surface area (Å²) in [6.07, 6.45) is 5.44. The number of hydrogen-bond donors (Lipinski definition) is 3. The molecule has 0 bridgehead atoms. The van der Waals surface area contributed by atoms with E-state index in [4.69, 9.17) is 0 Å². The van der Waals surface area contributed by atoms with Crippen LogP contribution in [0.3, 0.4) is 0 Å². The Labute approximate surface area is 198 Å². The summed E-state index contributed by atoms with van der Waals surface area (Å²) >= 11 is 1.09. The van der Waals surface area contributed by atoms with Crippen molar-refractivity contribution in [2.24, 2.45) is 0 Å². The Kier molecular flexibility index (Phi) is 4.88. The van der Waals surface area contributed by atoms with Crippen molar-refractivity contribution in [3.05, 3.63) is 72.3 Å². The molecule has 0 spiro atoms. The molecule has 168 valence electrons. The molecular weight excluding hydrogens is 447 g/mol. The molecule has 0 aliphatic heterocycles. The van der Waals surface area contributed by atoms with Crippen LogP contribution in [0.1, 0.15) is 13.8 Å². The number of nitrogens with zero attached hydrogens (tertiary/aromatic N) is 3. The number of thiophene rings is 1. The number of halogens is 1. The zero-order valence-electron chi connectivity index (χ0n) is 18.6. The zero-order valence-corrected chi connectivity index (χ0v) is 19.4. The third-order valence-electron chi connectivity index (χ3n) is 5.70. The van der Waals surface area contributed by atoms with Crippen molar-refractivity contribution < 1.29 is 4.39 Å². The number of pyridine rings is 2. The van der Waals surface area contributed by atoms with E-state index in [1.54, 1.807) is 12.3 Å². The Hall–Kier alpha value is -4.04. The third-order valence-corrected chi connectivity index (χ3v) is 6.58. The summed E-state index contributed by atoms with van der Waals surface area (Å²) in [7, 11) is 0. The van der Waals surface area contributed by atoms with Gasteiger partial charge in [0.25, 0.3) is 0 Å². The highest BCUT2D eigenvalue weighted by atomic mass is 32.1. The predicted octanol–water partition coefficient (Wildman–Crippen LogP) is 6.86. The molecule has 0 aliphatic rings. The number of anilines is 1. The number of hydrogen-bond acceptors (Lipinski definition) is 5.